The first kappa shape index (κ1) is 15.9. The van der Waals surface area contributed by atoms with Gasteiger partial charge in [-0.2, -0.15) is 0 Å². The lowest BCUT2D eigenvalue weighted by Gasteiger charge is -2.20. The van der Waals surface area contributed by atoms with Crippen molar-refractivity contribution < 1.29 is 4.74 Å². The monoisotopic (exact) mass is 301 g/mol. The SMILES string of the molecule is CCCOc1ccc(C(NC)c2ccccc2SC)cc1. The van der Waals surface area contributed by atoms with Crippen LogP contribution in [0.2, 0.25) is 0 Å². The molecule has 2 aromatic rings. The molecule has 1 unspecified atom stereocenters. The second-order valence-corrected chi connectivity index (χ2v) is 5.73. The largest absolute Gasteiger partial charge is 0.494 e. The van der Waals surface area contributed by atoms with Gasteiger partial charge < -0.3 is 10.1 Å². The van der Waals surface area contributed by atoms with Crippen molar-refractivity contribution in [3.63, 3.8) is 0 Å². The molecule has 0 radical (unpaired) electrons. The van der Waals surface area contributed by atoms with E-state index in [9.17, 15) is 0 Å². The Bertz CT molecular complexity index is 553. The third-order valence-electron chi connectivity index (χ3n) is 3.42. The van der Waals surface area contributed by atoms with Crippen molar-refractivity contribution in [3.8, 4) is 5.75 Å². The standard InChI is InChI=1S/C18H23NOS/c1-4-13-20-15-11-9-14(10-12-15)18(19-2)16-7-5-6-8-17(16)21-3/h5-12,18-19H,4,13H2,1-3H3. The maximum absolute atomic E-state index is 5.65. The highest BCUT2D eigenvalue weighted by atomic mass is 32.2. The summed E-state index contributed by atoms with van der Waals surface area (Å²) < 4.78 is 5.65. The van der Waals surface area contributed by atoms with E-state index in [1.165, 1.54) is 16.0 Å². The molecule has 0 spiro atoms. The number of benzene rings is 2. The van der Waals surface area contributed by atoms with Gasteiger partial charge in [-0.1, -0.05) is 37.3 Å². The van der Waals surface area contributed by atoms with Gasteiger partial charge in [0, 0.05) is 4.90 Å². The van der Waals surface area contributed by atoms with Crippen molar-refractivity contribution >= 4 is 11.8 Å². The lowest BCUT2D eigenvalue weighted by atomic mass is 9.99. The quantitative estimate of drug-likeness (QED) is 0.760. The first-order chi connectivity index (χ1) is 10.3. The van der Waals surface area contributed by atoms with Crippen LogP contribution in [-0.4, -0.2) is 19.9 Å². The number of nitrogens with one attached hydrogen (secondary N) is 1. The maximum Gasteiger partial charge on any atom is 0.119 e. The van der Waals surface area contributed by atoms with E-state index in [1.807, 2.05) is 7.05 Å². The summed E-state index contributed by atoms with van der Waals surface area (Å²) in [5, 5.41) is 3.42. The average molecular weight is 301 g/mol. The zero-order chi connectivity index (χ0) is 15.1. The molecule has 0 amide bonds. The van der Waals surface area contributed by atoms with Gasteiger partial charge in [0.1, 0.15) is 5.75 Å². The average Bonchev–Trinajstić information content (AvgIpc) is 2.55. The molecule has 0 aliphatic carbocycles. The van der Waals surface area contributed by atoms with Crippen molar-refractivity contribution in [2.45, 2.75) is 24.3 Å². The molecule has 0 aliphatic rings. The van der Waals surface area contributed by atoms with Crippen molar-refractivity contribution in [1.29, 1.82) is 0 Å². The molecule has 1 N–H and O–H groups in total. The highest BCUT2D eigenvalue weighted by Gasteiger charge is 2.15. The van der Waals surface area contributed by atoms with Gasteiger partial charge in [0.2, 0.25) is 0 Å². The van der Waals surface area contributed by atoms with E-state index in [0.717, 1.165) is 18.8 Å². The van der Waals surface area contributed by atoms with Crippen LogP contribution in [0, 0.1) is 0 Å². The van der Waals surface area contributed by atoms with Crippen molar-refractivity contribution in [2.75, 3.05) is 19.9 Å². The highest BCUT2D eigenvalue weighted by molar-refractivity contribution is 7.98. The Morgan fingerprint density at radius 3 is 2.43 bits per heavy atom. The fraction of sp³-hybridized carbons (Fsp3) is 0.333. The first-order valence-electron chi connectivity index (χ1n) is 7.33. The number of rotatable bonds is 7. The molecule has 112 valence electrons. The molecular weight excluding hydrogens is 278 g/mol. The summed E-state index contributed by atoms with van der Waals surface area (Å²) >= 11 is 1.78. The van der Waals surface area contributed by atoms with Crippen molar-refractivity contribution in [1.82, 2.24) is 5.32 Å². The van der Waals surface area contributed by atoms with Gasteiger partial charge in [-0.15, -0.1) is 11.8 Å². The lowest BCUT2D eigenvalue weighted by Crippen LogP contribution is -2.18. The molecule has 0 aromatic heterocycles. The molecule has 0 saturated carbocycles. The van der Waals surface area contributed by atoms with E-state index in [2.05, 4.69) is 67.0 Å². The molecule has 2 nitrogen and oxygen atoms in total. The highest BCUT2D eigenvalue weighted by Crippen LogP contribution is 2.30. The van der Waals surface area contributed by atoms with E-state index in [4.69, 9.17) is 4.74 Å². The van der Waals surface area contributed by atoms with Gasteiger partial charge in [0.15, 0.2) is 0 Å². The Morgan fingerprint density at radius 1 is 1.10 bits per heavy atom. The van der Waals surface area contributed by atoms with Gasteiger partial charge in [0.25, 0.3) is 0 Å². The van der Waals surface area contributed by atoms with Crippen LogP contribution in [0.25, 0.3) is 0 Å². The fourth-order valence-electron chi connectivity index (χ4n) is 2.38. The minimum atomic E-state index is 0.203. The van der Waals surface area contributed by atoms with Crippen LogP contribution in [-0.2, 0) is 0 Å². The Kier molecular flexibility index (Phi) is 6.15. The van der Waals surface area contributed by atoms with E-state index in [1.54, 1.807) is 11.8 Å². The topological polar surface area (TPSA) is 21.3 Å². The van der Waals surface area contributed by atoms with Crippen LogP contribution >= 0.6 is 11.8 Å². The minimum absolute atomic E-state index is 0.203. The Balaban J connectivity index is 2.24. The first-order valence-corrected chi connectivity index (χ1v) is 8.55. The van der Waals surface area contributed by atoms with E-state index < -0.39 is 0 Å². The summed E-state index contributed by atoms with van der Waals surface area (Å²) in [6, 6.07) is 17.1. The number of thioether (sulfide) groups is 1. The zero-order valence-electron chi connectivity index (χ0n) is 12.9. The smallest absolute Gasteiger partial charge is 0.119 e. The van der Waals surface area contributed by atoms with Crippen LogP contribution in [0.1, 0.15) is 30.5 Å². The summed E-state index contributed by atoms with van der Waals surface area (Å²) in [4.78, 5) is 1.31. The number of hydrogen-bond acceptors (Lipinski definition) is 3. The molecule has 0 aliphatic heterocycles. The zero-order valence-corrected chi connectivity index (χ0v) is 13.7. The molecule has 0 heterocycles. The second kappa shape index (κ2) is 8.11. The van der Waals surface area contributed by atoms with Gasteiger partial charge in [-0.3, -0.25) is 0 Å². The van der Waals surface area contributed by atoms with Gasteiger partial charge in [-0.05, 0) is 49.1 Å². The summed E-state index contributed by atoms with van der Waals surface area (Å²) in [7, 11) is 2.00. The fourth-order valence-corrected chi connectivity index (χ4v) is 3.02. The van der Waals surface area contributed by atoms with E-state index >= 15 is 0 Å². The normalized spacial score (nSPS) is 12.1. The van der Waals surface area contributed by atoms with E-state index in [0.29, 0.717) is 0 Å². The molecule has 0 bridgehead atoms. The van der Waals surface area contributed by atoms with Gasteiger partial charge in [0.05, 0.1) is 12.6 Å². The summed E-state index contributed by atoms with van der Waals surface area (Å²) in [5.41, 5.74) is 2.57. The predicted octanol–water partition coefficient (Wildman–Crippen LogP) is 4.51. The molecule has 1 atom stereocenters. The van der Waals surface area contributed by atoms with E-state index in [-0.39, 0.29) is 6.04 Å². The second-order valence-electron chi connectivity index (χ2n) is 4.88. The van der Waals surface area contributed by atoms with Gasteiger partial charge >= 0.3 is 0 Å². The third kappa shape index (κ3) is 4.02. The van der Waals surface area contributed by atoms with Crippen LogP contribution in [0.15, 0.2) is 53.4 Å². The number of hydrogen-bond donors (Lipinski definition) is 1. The predicted molar refractivity (Wildman–Crippen MR) is 91.4 cm³/mol. The molecule has 0 saturated heterocycles. The van der Waals surface area contributed by atoms with Gasteiger partial charge in [-0.25, -0.2) is 0 Å². The molecular formula is C18H23NOS. The van der Waals surface area contributed by atoms with Crippen LogP contribution in [0.5, 0.6) is 5.75 Å². The third-order valence-corrected chi connectivity index (χ3v) is 4.24. The van der Waals surface area contributed by atoms with Crippen LogP contribution in [0.4, 0.5) is 0 Å². The van der Waals surface area contributed by atoms with Crippen molar-refractivity contribution in [2.24, 2.45) is 0 Å². The van der Waals surface area contributed by atoms with Crippen molar-refractivity contribution in [3.05, 3.63) is 59.7 Å². The summed E-state index contributed by atoms with van der Waals surface area (Å²) in [6.07, 6.45) is 3.15. The van der Waals surface area contributed by atoms with Crippen LogP contribution in [0.3, 0.4) is 0 Å². The molecule has 2 rings (SSSR count). The summed E-state index contributed by atoms with van der Waals surface area (Å²) in [6.45, 7) is 2.88. The Hall–Kier alpha value is -1.45. The number of ether oxygens (including phenoxy) is 1. The lowest BCUT2D eigenvalue weighted by molar-refractivity contribution is 0.317. The molecule has 21 heavy (non-hydrogen) atoms. The molecule has 0 fully saturated rings. The maximum atomic E-state index is 5.65. The minimum Gasteiger partial charge on any atom is -0.494 e. The Labute approximate surface area is 131 Å². The molecule has 3 heteroatoms. The molecule has 2 aromatic carbocycles. The Morgan fingerprint density at radius 2 is 1.81 bits per heavy atom. The summed E-state index contributed by atoms with van der Waals surface area (Å²) in [5.74, 6) is 0.939. The van der Waals surface area contributed by atoms with Crippen LogP contribution < -0.4 is 10.1 Å².